The molecule has 0 aliphatic carbocycles. The summed E-state index contributed by atoms with van der Waals surface area (Å²) in [6.45, 7) is 7.62. The number of hydrogen-bond acceptors (Lipinski definition) is 5. The minimum Gasteiger partial charge on any atom is -0.450 e. The van der Waals surface area contributed by atoms with E-state index in [0.29, 0.717) is 0 Å². The van der Waals surface area contributed by atoms with E-state index in [-0.39, 0.29) is 12.2 Å². The summed E-state index contributed by atoms with van der Waals surface area (Å²) in [6.07, 6.45) is 0.399. The number of alkyl carbamates (subject to hydrolysis) is 1. The molecule has 0 heterocycles. The van der Waals surface area contributed by atoms with Crippen LogP contribution in [-0.4, -0.2) is 18.6 Å². The second-order valence-corrected chi connectivity index (χ2v) is 4.76. The number of benzene rings is 1. The zero-order valence-electron chi connectivity index (χ0n) is 13.1. The van der Waals surface area contributed by atoms with Crippen molar-refractivity contribution in [2.45, 2.75) is 27.7 Å². The number of anilines is 1. The average Bonchev–Trinajstić information content (AvgIpc) is 2.41. The quantitative estimate of drug-likeness (QED) is 0.659. The molecule has 6 heteroatoms. The summed E-state index contributed by atoms with van der Waals surface area (Å²) >= 11 is 0. The summed E-state index contributed by atoms with van der Waals surface area (Å²) in [5.74, 6) is -0.809. The SMILES string of the molecule is CCOC(=O)NC(=O)/C(C#N)=C\Nc1c(C)cc(C)cc1C. The predicted molar refractivity (Wildman–Crippen MR) is 83.1 cm³/mol. The van der Waals surface area contributed by atoms with Crippen molar-refractivity contribution >= 4 is 17.7 Å². The lowest BCUT2D eigenvalue weighted by Gasteiger charge is -2.11. The highest BCUT2D eigenvalue weighted by Crippen LogP contribution is 2.22. The zero-order valence-corrected chi connectivity index (χ0v) is 13.1. The topological polar surface area (TPSA) is 91.2 Å². The molecule has 1 aromatic rings. The number of ether oxygens (including phenoxy) is 1. The maximum Gasteiger partial charge on any atom is 0.414 e. The van der Waals surface area contributed by atoms with Gasteiger partial charge in [-0.1, -0.05) is 17.7 Å². The molecule has 0 saturated heterocycles. The summed E-state index contributed by atoms with van der Waals surface area (Å²) in [5, 5.41) is 14.0. The third-order valence-corrected chi connectivity index (χ3v) is 2.89. The van der Waals surface area contributed by atoms with E-state index in [2.05, 4.69) is 10.1 Å². The smallest absolute Gasteiger partial charge is 0.414 e. The van der Waals surface area contributed by atoms with E-state index in [1.165, 1.54) is 6.20 Å². The van der Waals surface area contributed by atoms with Gasteiger partial charge in [-0.05, 0) is 38.8 Å². The van der Waals surface area contributed by atoms with E-state index in [1.807, 2.05) is 38.2 Å². The summed E-state index contributed by atoms with van der Waals surface area (Å²) < 4.78 is 4.59. The Kier molecular flexibility index (Phi) is 6.14. The molecule has 0 bridgehead atoms. The number of amides is 2. The molecule has 2 amide bonds. The summed E-state index contributed by atoms with van der Waals surface area (Å²) in [5.41, 5.74) is 3.73. The van der Waals surface area contributed by atoms with Gasteiger partial charge in [-0.25, -0.2) is 4.79 Å². The van der Waals surface area contributed by atoms with Crippen LogP contribution in [0.4, 0.5) is 10.5 Å². The van der Waals surface area contributed by atoms with Crippen molar-refractivity contribution in [2.24, 2.45) is 0 Å². The second-order valence-electron chi connectivity index (χ2n) is 4.76. The molecule has 0 atom stereocenters. The van der Waals surface area contributed by atoms with Crippen LogP contribution >= 0.6 is 0 Å². The minimum atomic E-state index is -0.878. The van der Waals surface area contributed by atoms with Crippen LogP contribution in [0.1, 0.15) is 23.6 Å². The van der Waals surface area contributed by atoms with E-state index < -0.39 is 12.0 Å². The van der Waals surface area contributed by atoms with E-state index in [0.717, 1.165) is 22.4 Å². The Labute approximate surface area is 129 Å². The molecule has 116 valence electrons. The molecule has 6 nitrogen and oxygen atoms in total. The van der Waals surface area contributed by atoms with Crippen LogP contribution in [0.2, 0.25) is 0 Å². The van der Waals surface area contributed by atoms with Gasteiger partial charge in [-0.15, -0.1) is 0 Å². The Bertz CT molecular complexity index is 634. The first-order valence-electron chi connectivity index (χ1n) is 6.81. The van der Waals surface area contributed by atoms with Gasteiger partial charge in [0.1, 0.15) is 11.6 Å². The number of hydrogen-bond donors (Lipinski definition) is 2. The fourth-order valence-corrected chi connectivity index (χ4v) is 2.03. The van der Waals surface area contributed by atoms with Gasteiger partial charge in [0.2, 0.25) is 0 Å². The van der Waals surface area contributed by atoms with Gasteiger partial charge in [0.15, 0.2) is 0 Å². The molecule has 0 fully saturated rings. The number of carbonyl (C=O) groups is 2. The molecule has 0 radical (unpaired) electrons. The first kappa shape index (κ1) is 17.2. The number of rotatable bonds is 4. The highest BCUT2D eigenvalue weighted by molar-refractivity contribution is 6.05. The molecule has 22 heavy (non-hydrogen) atoms. The molecule has 1 aromatic carbocycles. The maximum absolute atomic E-state index is 11.8. The van der Waals surface area contributed by atoms with Crippen LogP contribution in [0.15, 0.2) is 23.9 Å². The highest BCUT2D eigenvalue weighted by Gasteiger charge is 2.13. The molecular formula is C16H19N3O3. The summed E-state index contributed by atoms with van der Waals surface area (Å²) in [4.78, 5) is 22.9. The average molecular weight is 301 g/mol. The number of nitrogens with one attached hydrogen (secondary N) is 2. The molecule has 0 aliphatic heterocycles. The van der Waals surface area contributed by atoms with Gasteiger partial charge in [0.25, 0.3) is 5.91 Å². The van der Waals surface area contributed by atoms with E-state index in [4.69, 9.17) is 5.26 Å². The van der Waals surface area contributed by atoms with E-state index >= 15 is 0 Å². The Morgan fingerprint density at radius 1 is 1.27 bits per heavy atom. The van der Waals surface area contributed by atoms with Crippen molar-refractivity contribution in [3.05, 3.63) is 40.6 Å². The molecule has 2 N–H and O–H groups in total. The Morgan fingerprint density at radius 2 is 1.86 bits per heavy atom. The van der Waals surface area contributed by atoms with Gasteiger partial charge in [-0.3, -0.25) is 10.1 Å². The lowest BCUT2D eigenvalue weighted by molar-refractivity contribution is -0.116. The lowest BCUT2D eigenvalue weighted by Crippen LogP contribution is -2.32. The second kappa shape index (κ2) is 7.84. The molecule has 1 rings (SSSR count). The minimum absolute atomic E-state index is 0.144. The number of imide groups is 1. The van der Waals surface area contributed by atoms with Crippen LogP contribution in [0.25, 0.3) is 0 Å². The van der Waals surface area contributed by atoms with Crippen LogP contribution < -0.4 is 10.6 Å². The molecule has 0 unspecified atom stereocenters. The fourth-order valence-electron chi connectivity index (χ4n) is 2.03. The van der Waals surface area contributed by atoms with Crippen LogP contribution in [-0.2, 0) is 9.53 Å². The standard InChI is InChI=1S/C16H19N3O3/c1-5-22-16(21)19-15(20)13(8-17)9-18-14-11(3)6-10(2)7-12(14)4/h6-7,9,18H,5H2,1-4H3,(H,19,20,21)/b13-9-. The van der Waals surface area contributed by atoms with Gasteiger partial charge in [0.05, 0.1) is 6.61 Å². The number of aryl methyl sites for hydroxylation is 3. The number of carbonyl (C=O) groups excluding carboxylic acids is 2. The molecule has 0 spiro atoms. The Morgan fingerprint density at radius 3 is 2.36 bits per heavy atom. The number of nitrogens with zero attached hydrogens (tertiary/aromatic N) is 1. The fraction of sp³-hybridized carbons (Fsp3) is 0.312. The van der Waals surface area contributed by atoms with Crippen molar-refractivity contribution in [1.82, 2.24) is 5.32 Å². The van der Waals surface area contributed by atoms with Crippen LogP contribution in [0.5, 0.6) is 0 Å². The number of nitriles is 1. The monoisotopic (exact) mass is 301 g/mol. The normalized spacial score (nSPS) is 10.6. The Hall–Kier alpha value is -2.81. The Balaban J connectivity index is 2.89. The lowest BCUT2D eigenvalue weighted by atomic mass is 10.1. The molecule has 0 aromatic heterocycles. The highest BCUT2D eigenvalue weighted by atomic mass is 16.5. The van der Waals surface area contributed by atoms with Crippen molar-refractivity contribution in [3.63, 3.8) is 0 Å². The van der Waals surface area contributed by atoms with Gasteiger partial charge >= 0.3 is 6.09 Å². The van der Waals surface area contributed by atoms with E-state index in [1.54, 1.807) is 13.0 Å². The first-order chi connectivity index (χ1) is 10.4. The maximum atomic E-state index is 11.8. The van der Waals surface area contributed by atoms with Crippen molar-refractivity contribution in [2.75, 3.05) is 11.9 Å². The largest absolute Gasteiger partial charge is 0.450 e. The van der Waals surface area contributed by atoms with E-state index in [9.17, 15) is 9.59 Å². The molecule has 0 aliphatic rings. The molecule has 0 saturated carbocycles. The zero-order chi connectivity index (χ0) is 16.7. The van der Waals surface area contributed by atoms with Gasteiger partial charge < -0.3 is 10.1 Å². The van der Waals surface area contributed by atoms with Crippen molar-refractivity contribution in [3.8, 4) is 6.07 Å². The van der Waals surface area contributed by atoms with Crippen LogP contribution in [0.3, 0.4) is 0 Å². The third-order valence-electron chi connectivity index (χ3n) is 2.89. The van der Waals surface area contributed by atoms with Crippen molar-refractivity contribution < 1.29 is 14.3 Å². The van der Waals surface area contributed by atoms with Gasteiger partial charge in [-0.2, -0.15) is 5.26 Å². The van der Waals surface area contributed by atoms with Crippen LogP contribution in [0, 0.1) is 32.1 Å². The summed E-state index contributed by atoms with van der Waals surface area (Å²) in [6, 6.07) is 5.74. The predicted octanol–water partition coefficient (Wildman–Crippen LogP) is 2.70. The van der Waals surface area contributed by atoms with Crippen molar-refractivity contribution in [1.29, 1.82) is 5.26 Å². The first-order valence-corrected chi connectivity index (χ1v) is 6.81. The molecular weight excluding hydrogens is 282 g/mol. The summed E-state index contributed by atoms with van der Waals surface area (Å²) in [7, 11) is 0. The third kappa shape index (κ3) is 4.63. The van der Waals surface area contributed by atoms with Gasteiger partial charge in [0, 0.05) is 11.9 Å².